The number of anilines is 1. The molecule has 0 aliphatic heterocycles. The molecule has 0 atom stereocenters. The summed E-state index contributed by atoms with van der Waals surface area (Å²) in [6.07, 6.45) is 1.64. The third kappa shape index (κ3) is 3.40. The van der Waals surface area contributed by atoms with E-state index in [1.165, 1.54) is 4.90 Å². The van der Waals surface area contributed by atoms with Crippen molar-refractivity contribution in [3.63, 3.8) is 0 Å². The molecule has 1 aromatic rings. The summed E-state index contributed by atoms with van der Waals surface area (Å²) in [5, 5.41) is 0. The Kier molecular flexibility index (Phi) is 6.02. The molecule has 0 unspecified atom stereocenters. The van der Waals surface area contributed by atoms with Gasteiger partial charge in [0.05, 0.1) is 5.69 Å². The van der Waals surface area contributed by atoms with Crippen molar-refractivity contribution in [2.75, 3.05) is 23.4 Å². The molecule has 0 bridgehead atoms. The molecule has 1 rings (SSSR count). The molecule has 0 aliphatic rings. The molecule has 18 heavy (non-hydrogen) atoms. The average Bonchev–Trinajstić information content (AvgIpc) is 2.39. The molecule has 5 heteroatoms. The third-order valence-corrected chi connectivity index (χ3v) is 2.83. The largest absolute Gasteiger partial charge is 0.487 e. The van der Waals surface area contributed by atoms with Crippen LogP contribution < -0.4 is 9.64 Å². The number of nitrogens with zero attached hydrogens (tertiary/aromatic N) is 1. The number of carbonyl (C=O) groups is 1. The van der Waals surface area contributed by atoms with Crippen molar-refractivity contribution in [1.82, 2.24) is 0 Å². The maximum atomic E-state index is 11.8. The zero-order valence-corrected chi connectivity index (χ0v) is 11.7. The zero-order chi connectivity index (χ0) is 13.5. The number of carbonyl (C=O) groups excluding carboxylic acids is 1. The van der Waals surface area contributed by atoms with Gasteiger partial charge in [0.15, 0.2) is 0 Å². The highest BCUT2D eigenvalue weighted by atomic mass is 35.5. The summed E-state index contributed by atoms with van der Waals surface area (Å²) in [7, 11) is 0. The smallest absolute Gasteiger partial charge is 0.243 e. The monoisotopic (exact) mass is 287 g/mol. The summed E-state index contributed by atoms with van der Waals surface area (Å²) in [5.74, 6) is 0.209. The highest BCUT2D eigenvalue weighted by Gasteiger charge is 2.19. The predicted octanol–water partition coefficient (Wildman–Crippen LogP) is 3.33. The van der Waals surface area contributed by atoms with Gasteiger partial charge in [-0.25, -0.2) is 0 Å². The van der Waals surface area contributed by atoms with Crippen LogP contribution in [-0.4, -0.2) is 24.4 Å². The van der Waals surface area contributed by atoms with Crippen molar-refractivity contribution in [2.45, 2.75) is 6.92 Å². The van der Waals surface area contributed by atoms with Gasteiger partial charge >= 0.3 is 0 Å². The Bertz CT molecular complexity index is 435. The minimum absolute atomic E-state index is 0.0286. The molecule has 0 aromatic heterocycles. The Labute approximate surface area is 117 Å². The van der Waals surface area contributed by atoms with Gasteiger partial charge in [0, 0.05) is 0 Å². The van der Waals surface area contributed by atoms with Crippen LogP contribution >= 0.6 is 23.2 Å². The minimum atomic E-state index is -0.260. The molecule has 1 amide bonds. The number of hydrogen-bond acceptors (Lipinski definition) is 2. The second-order valence-corrected chi connectivity index (χ2v) is 4.10. The van der Waals surface area contributed by atoms with Crippen LogP contribution in [0.2, 0.25) is 0 Å². The van der Waals surface area contributed by atoms with Crippen molar-refractivity contribution in [3.8, 4) is 5.75 Å². The Morgan fingerprint density at radius 3 is 2.78 bits per heavy atom. The van der Waals surface area contributed by atoms with E-state index in [1.54, 1.807) is 12.1 Å². The van der Waals surface area contributed by atoms with Gasteiger partial charge < -0.3 is 4.74 Å². The van der Waals surface area contributed by atoms with Gasteiger partial charge in [-0.15, -0.1) is 23.2 Å². The number of para-hydroxylation sites is 1. The predicted molar refractivity (Wildman–Crippen MR) is 75.8 cm³/mol. The SMILES string of the molecule is C=CCOc1cccc(C)c1N(CCl)C(=O)CCl. The van der Waals surface area contributed by atoms with E-state index in [0.29, 0.717) is 18.0 Å². The van der Waals surface area contributed by atoms with Gasteiger partial charge in [0.2, 0.25) is 5.91 Å². The summed E-state index contributed by atoms with van der Waals surface area (Å²) in [6, 6.07) is 5.56. The number of rotatable bonds is 6. The first-order valence-electron chi connectivity index (χ1n) is 5.41. The van der Waals surface area contributed by atoms with Crippen LogP contribution in [0.5, 0.6) is 5.75 Å². The number of ether oxygens (including phenoxy) is 1. The lowest BCUT2D eigenvalue weighted by Gasteiger charge is -2.23. The average molecular weight is 288 g/mol. The minimum Gasteiger partial charge on any atom is -0.487 e. The lowest BCUT2D eigenvalue weighted by atomic mass is 10.1. The molecule has 0 saturated heterocycles. The van der Waals surface area contributed by atoms with E-state index in [1.807, 2.05) is 19.1 Å². The summed E-state index contributed by atoms with van der Waals surface area (Å²) >= 11 is 11.4. The summed E-state index contributed by atoms with van der Waals surface area (Å²) in [4.78, 5) is 13.2. The topological polar surface area (TPSA) is 29.5 Å². The molecule has 1 aromatic carbocycles. The van der Waals surface area contributed by atoms with E-state index in [-0.39, 0.29) is 17.8 Å². The van der Waals surface area contributed by atoms with Crippen molar-refractivity contribution in [3.05, 3.63) is 36.4 Å². The molecule has 3 nitrogen and oxygen atoms in total. The van der Waals surface area contributed by atoms with Crippen molar-refractivity contribution in [1.29, 1.82) is 0 Å². The summed E-state index contributed by atoms with van der Waals surface area (Å²) in [6.45, 7) is 5.84. The number of alkyl halides is 2. The van der Waals surface area contributed by atoms with Crippen LogP contribution in [0.25, 0.3) is 0 Å². The Balaban J connectivity index is 3.17. The fraction of sp³-hybridized carbons (Fsp3) is 0.308. The maximum absolute atomic E-state index is 11.8. The third-order valence-electron chi connectivity index (χ3n) is 2.36. The van der Waals surface area contributed by atoms with E-state index in [0.717, 1.165) is 5.56 Å². The number of amides is 1. The second kappa shape index (κ2) is 7.29. The van der Waals surface area contributed by atoms with Crippen molar-refractivity contribution < 1.29 is 9.53 Å². The van der Waals surface area contributed by atoms with Gasteiger partial charge in [-0.05, 0) is 18.6 Å². The maximum Gasteiger partial charge on any atom is 0.243 e. The van der Waals surface area contributed by atoms with Gasteiger partial charge in [0.1, 0.15) is 24.2 Å². The lowest BCUT2D eigenvalue weighted by molar-refractivity contribution is -0.116. The van der Waals surface area contributed by atoms with Crippen molar-refractivity contribution >= 4 is 34.8 Å². The molecule has 0 aliphatic carbocycles. The Morgan fingerprint density at radius 2 is 2.22 bits per heavy atom. The van der Waals surface area contributed by atoms with Crippen LogP contribution in [0.3, 0.4) is 0 Å². The number of benzene rings is 1. The van der Waals surface area contributed by atoms with E-state index in [9.17, 15) is 4.79 Å². The first-order chi connectivity index (χ1) is 8.65. The van der Waals surface area contributed by atoms with E-state index in [4.69, 9.17) is 27.9 Å². The molecule has 0 saturated carbocycles. The molecule has 0 N–H and O–H groups in total. The number of hydrogen-bond donors (Lipinski definition) is 0. The standard InChI is InChI=1S/C13H15Cl2NO2/c1-3-7-18-11-6-4-5-10(2)13(11)16(9-15)12(17)8-14/h3-6H,1,7-9H2,2H3. The van der Waals surface area contributed by atoms with Crippen LogP contribution in [0.4, 0.5) is 5.69 Å². The Morgan fingerprint density at radius 1 is 1.50 bits per heavy atom. The highest BCUT2D eigenvalue weighted by molar-refractivity contribution is 6.31. The van der Waals surface area contributed by atoms with E-state index in [2.05, 4.69) is 6.58 Å². The quantitative estimate of drug-likeness (QED) is 0.456. The normalized spacial score (nSPS) is 9.94. The molecule has 0 fully saturated rings. The van der Waals surface area contributed by atoms with Gasteiger partial charge in [-0.1, -0.05) is 24.8 Å². The number of aryl methyl sites for hydroxylation is 1. The fourth-order valence-electron chi connectivity index (χ4n) is 1.57. The first-order valence-corrected chi connectivity index (χ1v) is 6.48. The molecule has 0 heterocycles. The number of halogens is 2. The van der Waals surface area contributed by atoms with E-state index >= 15 is 0 Å². The van der Waals surface area contributed by atoms with Crippen LogP contribution in [0, 0.1) is 6.92 Å². The molecule has 98 valence electrons. The van der Waals surface area contributed by atoms with Gasteiger partial charge in [-0.2, -0.15) is 0 Å². The fourth-order valence-corrected chi connectivity index (χ4v) is 1.96. The lowest BCUT2D eigenvalue weighted by Crippen LogP contribution is -2.31. The highest BCUT2D eigenvalue weighted by Crippen LogP contribution is 2.32. The molecule has 0 radical (unpaired) electrons. The Hall–Kier alpha value is -1.19. The molecular weight excluding hydrogens is 273 g/mol. The van der Waals surface area contributed by atoms with E-state index < -0.39 is 0 Å². The zero-order valence-electron chi connectivity index (χ0n) is 10.2. The molecular formula is C13H15Cl2NO2. The van der Waals surface area contributed by atoms with Crippen LogP contribution in [0.1, 0.15) is 5.56 Å². The summed E-state index contributed by atoms with van der Waals surface area (Å²) < 4.78 is 5.53. The van der Waals surface area contributed by atoms with Crippen LogP contribution in [0.15, 0.2) is 30.9 Å². The summed E-state index contributed by atoms with van der Waals surface area (Å²) in [5.41, 5.74) is 1.55. The van der Waals surface area contributed by atoms with Gasteiger partial charge in [-0.3, -0.25) is 9.69 Å². The molecule has 0 spiro atoms. The van der Waals surface area contributed by atoms with Crippen LogP contribution in [-0.2, 0) is 4.79 Å². The van der Waals surface area contributed by atoms with Gasteiger partial charge in [0.25, 0.3) is 0 Å². The second-order valence-electron chi connectivity index (χ2n) is 3.60. The first kappa shape index (κ1) is 14.9. The van der Waals surface area contributed by atoms with Crippen molar-refractivity contribution in [2.24, 2.45) is 0 Å².